The van der Waals surface area contributed by atoms with Crippen LogP contribution in [-0.2, 0) is 11.3 Å². The Kier molecular flexibility index (Phi) is 5.67. The minimum absolute atomic E-state index is 0.177. The van der Waals surface area contributed by atoms with E-state index < -0.39 is 0 Å². The molecular weight excluding hydrogens is 326 g/mol. The Morgan fingerprint density at radius 2 is 1.64 bits per heavy atom. The van der Waals surface area contributed by atoms with Crippen LogP contribution in [0.4, 0.5) is 5.69 Å². The Balaban J connectivity index is 1.88. The van der Waals surface area contributed by atoms with E-state index in [1.807, 2.05) is 41.3 Å². The van der Waals surface area contributed by atoms with E-state index in [-0.39, 0.29) is 5.91 Å². The van der Waals surface area contributed by atoms with Crippen LogP contribution in [0.1, 0.15) is 25.8 Å². The fourth-order valence-corrected chi connectivity index (χ4v) is 3.67. The first-order chi connectivity index (χ1) is 12.1. The van der Waals surface area contributed by atoms with Crippen molar-refractivity contribution >= 4 is 22.9 Å². The minimum atomic E-state index is 0.177. The van der Waals surface area contributed by atoms with Gasteiger partial charge in [0.1, 0.15) is 0 Å². The third-order valence-electron chi connectivity index (χ3n) is 4.02. The third-order valence-corrected chi connectivity index (χ3v) is 4.99. The minimum Gasteiger partial charge on any atom is -0.307 e. The Labute approximate surface area is 153 Å². The largest absolute Gasteiger partial charge is 0.307 e. The summed E-state index contributed by atoms with van der Waals surface area (Å²) in [6, 6.07) is 22.6. The molecule has 0 saturated heterocycles. The van der Waals surface area contributed by atoms with Crippen LogP contribution >= 0.6 is 11.3 Å². The molecular formula is C22H23NOS. The van der Waals surface area contributed by atoms with Crippen LogP contribution in [0.15, 0.2) is 72.1 Å². The van der Waals surface area contributed by atoms with Gasteiger partial charge < -0.3 is 4.90 Å². The highest BCUT2D eigenvalue weighted by atomic mass is 32.1. The number of nitrogens with zero attached hydrogens (tertiary/aromatic N) is 1. The van der Waals surface area contributed by atoms with Crippen molar-refractivity contribution in [2.24, 2.45) is 5.92 Å². The molecule has 128 valence electrons. The summed E-state index contributed by atoms with van der Waals surface area (Å²) in [5.74, 6) is 0.522. The van der Waals surface area contributed by atoms with Gasteiger partial charge in [0.2, 0.25) is 5.91 Å². The fraction of sp³-hybridized carbons (Fsp3) is 0.227. The molecule has 0 N–H and O–H groups in total. The van der Waals surface area contributed by atoms with Crippen molar-refractivity contribution < 1.29 is 4.79 Å². The average Bonchev–Trinajstić information content (AvgIpc) is 3.10. The van der Waals surface area contributed by atoms with E-state index in [4.69, 9.17) is 0 Å². The summed E-state index contributed by atoms with van der Waals surface area (Å²) in [5, 5.41) is 2.09. The van der Waals surface area contributed by atoms with Crippen molar-refractivity contribution in [3.8, 4) is 10.4 Å². The molecule has 0 spiro atoms. The number of hydrogen-bond donors (Lipinski definition) is 0. The molecule has 0 saturated carbocycles. The van der Waals surface area contributed by atoms with Crippen molar-refractivity contribution in [3.63, 3.8) is 0 Å². The lowest BCUT2D eigenvalue weighted by molar-refractivity contribution is -0.119. The fourth-order valence-electron chi connectivity index (χ4n) is 2.77. The van der Waals surface area contributed by atoms with Crippen LogP contribution in [-0.4, -0.2) is 5.91 Å². The third kappa shape index (κ3) is 4.58. The average molecular weight is 349 g/mol. The maximum Gasteiger partial charge on any atom is 0.227 e. The summed E-state index contributed by atoms with van der Waals surface area (Å²) in [4.78, 5) is 15.9. The van der Waals surface area contributed by atoms with Crippen molar-refractivity contribution in [3.05, 3.63) is 77.7 Å². The van der Waals surface area contributed by atoms with Crippen LogP contribution in [0.25, 0.3) is 10.4 Å². The van der Waals surface area contributed by atoms with Crippen LogP contribution < -0.4 is 4.90 Å². The summed E-state index contributed by atoms with van der Waals surface area (Å²) < 4.78 is 0. The van der Waals surface area contributed by atoms with Gasteiger partial charge in [-0.3, -0.25) is 4.79 Å². The maximum atomic E-state index is 12.8. The van der Waals surface area contributed by atoms with Crippen LogP contribution in [0.3, 0.4) is 0 Å². The van der Waals surface area contributed by atoms with E-state index in [9.17, 15) is 4.79 Å². The number of hydrogen-bond acceptors (Lipinski definition) is 2. The Bertz CT molecular complexity index is 808. The molecule has 0 aliphatic heterocycles. The van der Waals surface area contributed by atoms with Crippen molar-refractivity contribution in [1.82, 2.24) is 0 Å². The molecule has 0 unspecified atom stereocenters. The first-order valence-corrected chi connectivity index (χ1v) is 9.49. The summed E-state index contributed by atoms with van der Waals surface area (Å²) in [7, 11) is 0. The molecule has 1 amide bonds. The summed E-state index contributed by atoms with van der Waals surface area (Å²) >= 11 is 1.68. The van der Waals surface area contributed by atoms with Gasteiger partial charge in [0.05, 0.1) is 12.2 Å². The van der Waals surface area contributed by atoms with E-state index in [1.54, 1.807) is 11.3 Å². The van der Waals surface area contributed by atoms with E-state index in [2.05, 4.69) is 49.6 Å². The van der Waals surface area contributed by atoms with Gasteiger partial charge in [0.25, 0.3) is 0 Å². The summed E-state index contributed by atoms with van der Waals surface area (Å²) in [5.41, 5.74) is 3.32. The topological polar surface area (TPSA) is 20.3 Å². The van der Waals surface area contributed by atoms with E-state index in [1.165, 1.54) is 10.4 Å². The lowest BCUT2D eigenvalue weighted by atomic mass is 10.1. The Hall–Kier alpha value is -2.39. The molecule has 1 heterocycles. The molecule has 0 aliphatic rings. The lowest BCUT2D eigenvalue weighted by Crippen LogP contribution is -2.30. The van der Waals surface area contributed by atoms with Gasteiger partial charge in [0.15, 0.2) is 0 Å². The molecule has 2 nitrogen and oxygen atoms in total. The second-order valence-electron chi connectivity index (χ2n) is 6.60. The zero-order valence-corrected chi connectivity index (χ0v) is 15.5. The van der Waals surface area contributed by atoms with Crippen molar-refractivity contribution in [1.29, 1.82) is 0 Å². The molecule has 1 aromatic heterocycles. The van der Waals surface area contributed by atoms with Gasteiger partial charge in [-0.05, 0) is 23.1 Å². The predicted molar refractivity (Wildman–Crippen MR) is 107 cm³/mol. The standard InChI is InChI=1S/C22H23NOS/c1-17(2)13-22(24)23(15-18-9-5-3-6-10-18)20-14-21(25-16-20)19-11-7-4-8-12-19/h3-12,14,16-17H,13,15H2,1-2H3. The van der Waals surface area contributed by atoms with Crippen LogP contribution in [0.2, 0.25) is 0 Å². The molecule has 0 radical (unpaired) electrons. The first-order valence-electron chi connectivity index (χ1n) is 8.61. The molecule has 0 bridgehead atoms. The van der Waals surface area contributed by atoms with Gasteiger partial charge in [-0.1, -0.05) is 74.5 Å². The first kappa shape index (κ1) is 17.4. The molecule has 0 fully saturated rings. The Morgan fingerprint density at radius 1 is 1.00 bits per heavy atom. The number of amides is 1. The predicted octanol–water partition coefficient (Wildman–Crippen LogP) is 5.99. The number of anilines is 1. The lowest BCUT2D eigenvalue weighted by Gasteiger charge is -2.22. The quantitative estimate of drug-likeness (QED) is 0.535. The molecule has 3 heteroatoms. The van der Waals surface area contributed by atoms with E-state index in [0.29, 0.717) is 18.9 Å². The molecule has 2 aromatic carbocycles. The number of benzene rings is 2. The molecule has 3 aromatic rings. The summed E-state index contributed by atoms with van der Waals surface area (Å²) in [6.45, 7) is 4.78. The van der Waals surface area contributed by atoms with Gasteiger partial charge in [-0.2, -0.15) is 0 Å². The Morgan fingerprint density at radius 3 is 2.28 bits per heavy atom. The summed E-state index contributed by atoms with van der Waals surface area (Å²) in [6.07, 6.45) is 0.559. The highest BCUT2D eigenvalue weighted by molar-refractivity contribution is 7.14. The molecule has 25 heavy (non-hydrogen) atoms. The number of rotatable bonds is 6. The second kappa shape index (κ2) is 8.13. The van der Waals surface area contributed by atoms with Gasteiger partial charge in [0, 0.05) is 16.7 Å². The van der Waals surface area contributed by atoms with Gasteiger partial charge in [-0.25, -0.2) is 0 Å². The molecule has 3 rings (SSSR count). The number of thiophene rings is 1. The number of carbonyl (C=O) groups is 1. The highest BCUT2D eigenvalue weighted by Gasteiger charge is 2.19. The zero-order valence-electron chi connectivity index (χ0n) is 14.7. The molecule has 0 aliphatic carbocycles. The van der Waals surface area contributed by atoms with Gasteiger partial charge >= 0.3 is 0 Å². The zero-order chi connectivity index (χ0) is 17.6. The van der Waals surface area contributed by atoms with Crippen molar-refractivity contribution in [2.75, 3.05) is 4.90 Å². The van der Waals surface area contributed by atoms with E-state index >= 15 is 0 Å². The maximum absolute atomic E-state index is 12.8. The van der Waals surface area contributed by atoms with Gasteiger partial charge in [-0.15, -0.1) is 11.3 Å². The highest BCUT2D eigenvalue weighted by Crippen LogP contribution is 2.33. The van der Waals surface area contributed by atoms with Crippen LogP contribution in [0, 0.1) is 5.92 Å². The SMILES string of the molecule is CC(C)CC(=O)N(Cc1ccccc1)c1csc(-c2ccccc2)c1. The molecule has 0 atom stereocenters. The monoisotopic (exact) mass is 349 g/mol. The van der Waals surface area contributed by atoms with Crippen molar-refractivity contribution in [2.45, 2.75) is 26.8 Å². The van der Waals surface area contributed by atoms with E-state index in [0.717, 1.165) is 11.3 Å². The second-order valence-corrected chi connectivity index (χ2v) is 7.51. The smallest absolute Gasteiger partial charge is 0.227 e. The van der Waals surface area contributed by atoms with Crippen LogP contribution in [0.5, 0.6) is 0 Å². The normalized spacial score (nSPS) is 10.8. The number of carbonyl (C=O) groups excluding carboxylic acids is 1.